The first kappa shape index (κ1) is 35.6. The average molecular weight is 796 g/mol. The monoisotopic (exact) mass is 795 g/mol. The van der Waals surface area contributed by atoms with Crippen LogP contribution < -0.4 is 4.74 Å². The highest BCUT2D eigenvalue weighted by Crippen LogP contribution is 2.63. The molecule has 0 amide bonds. The minimum absolute atomic E-state index is 0.488. The molecule has 1 aromatic heterocycles. The van der Waals surface area contributed by atoms with E-state index in [4.69, 9.17) is 35.0 Å². The Bertz CT molecular complexity index is 3140. The van der Waals surface area contributed by atoms with Crippen LogP contribution in [0.3, 0.4) is 0 Å². The molecule has 0 saturated heterocycles. The van der Waals surface area contributed by atoms with Crippen molar-refractivity contribution >= 4 is 11.7 Å². The van der Waals surface area contributed by atoms with Gasteiger partial charge in [0.2, 0.25) is 0 Å². The summed E-state index contributed by atoms with van der Waals surface area (Å²) < 4.78 is 6.69. The van der Waals surface area contributed by atoms with Crippen molar-refractivity contribution in [2.24, 2.45) is 9.98 Å². The van der Waals surface area contributed by atoms with Crippen LogP contribution in [0, 0.1) is 0 Å². The van der Waals surface area contributed by atoms with Gasteiger partial charge in [0.15, 0.2) is 17.5 Å². The summed E-state index contributed by atoms with van der Waals surface area (Å²) in [5.74, 6) is 4.68. The lowest BCUT2D eigenvalue weighted by Gasteiger charge is -2.39. The topological polar surface area (TPSA) is 86.7 Å². The molecule has 7 nitrogen and oxygen atoms in total. The molecule has 3 heterocycles. The second-order valence-electron chi connectivity index (χ2n) is 15.5. The van der Waals surface area contributed by atoms with E-state index in [0.29, 0.717) is 29.1 Å². The quantitative estimate of drug-likeness (QED) is 0.168. The maximum atomic E-state index is 6.69. The zero-order chi connectivity index (χ0) is 41.0. The van der Waals surface area contributed by atoms with Crippen LogP contribution in [0.4, 0.5) is 0 Å². The van der Waals surface area contributed by atoms with Gasteiger partial charge in [0.05, 0.1) is 17.4 Å². The van der Waals surface area contributed by atoms with Gasteiger partial charge in [-0.1, -0.05) is 194 Å². The number of aromatic nitrogens is 3. The highest BCUT2D eigenvalue weighted by molar-refractivity contribution is 6.20. The van der Waals surface area contributed by atoms with Gasteiger partial charge in [0.1, 0.15) is 11.5 Å². The summed E-state index contributed by atoms with van der Waals surface area (Å²) in [6.07, 6.45) is -0.488. The van der Waals surface area contributed by atoms with Gasteiger partial charge in [-0.2, -0.15) is 0 Å². The van der Waals surface area contributed by atoms with E-state index < -0.39 is 11.6 Å². The summed E-state index contributed by atoms with van der Waals surface area (Å²) in [7, 11) is 0. The number of hydrogen-bond acceptors (Lipinski definition) is 6. The maximum absolute atomic E-state index is 6.69. The van der Waals surface area contributed by atoms with Crippen LogP contribution in [0.1, 0.15) is 45.1 Å². The highest BCUT2D eigenvalue weighted by atomic mass is 16.5. The molecule has 292 valence electrons. The van der Waals surface area contributed by atoms with Crippen molar-refractivity contribution in [1.82, 2.24) is 15.0 Å². The van der Waals surface area contributed by atoms with E-state index in [1.165, 1.54) is 0 Å². The van der Waals surface area contributed by atoms with Crippen LogP contribution in [0.5, 0.6) is 11.5 Å². The lowest BCUT2D eigenvalue weighted by atomic mass is 9.66. The van der Waals surface area contributed by atoms with Crippen LogP contribution in [-0.4, -0.2) is 26.6 Å². The maximum Gasteiger partial charge on any atom is 0.164 e. The molecule has 1 aliphatic carbocycles. The third kappa shape index (κ3) is 5.70. The Balaban J connectivity index is 1.14. The van der Waals surface area contributed by atoms with Crippen molar-refractivity contribution in [1.29, 1.82) is 0 Å². The minimum atomic E-state index is -0.724. The fourth-order valence-corrected chi connectivity index (χ4v) is 9.26. The van der Waals surface area contributed by atoms with Gasteiger partial charge in [-0.3, -0.25) is 4.99 Å². The number of fused-ring (bicyclic) bond motifs is 9. The molecule has 1 spiro atoms. The number of para-hydroxylation sites is 2. The first-order valence-electron chi connectivity index (χ1n) is 20.7. The average Bonchev–Trinajstić information content (AvgIpc) is 3.65. The zero-order valence-corrected chi connectivity index (χ0v) is 33.3. The zero-order valence-electron chi connectivity index (χ0n) is 33.3. The molecule has 0 N–H and O–H groups in total. The molecular formula is C55H35N6O-. The number of rotatable bonds is 6. The summed E-state index contributed by atoms with van der Waals surface area (Å²) in [6.45, 7) is 0. The van der Waals surface area contributed by atoms with Gasteiger partial charge in [0.25, 0.3) is 0 Å². The first-order valence-corrected chi connectivity index (χ1v) is 20.7. The fourth-order valence-electron chi connectivity index (χ4n) is 9.26. The molecule has 0 fully saturated rings. The number of hydrogen-bond donors (Lipinski definition) is 0. The molecule has 2 aliphatic heterocycles. The SMILES string of the molecule is c1ccc(C2=NC(c3cccc4c3-c3cc(-c5nc(-c6ccccc6)nc(-c6ccccc6)n5)ccc3C43c4ccccc4Oc4ccccc43)=NC(c3ccccc3)[N-]2)cc1. The summed E-state index contributed by atoms with van der Waals surface area (Å²) in [5.41, 5.74) is 11.3. The van der Waals surface area contributed by atoms with Crippen molar-refractivity contribution in [3.8, 4) is 56.8 Å². The van der Waals surface area contributed by atoms with Crippen LogP contribution in [0.25, 0.3) is 50.6 Å². The molecule has 1 unspecified atom stereocenters. The van der Waals surface area contributed by atoms with Gasteiger partial charge >= 0.3 is 0 Å². The second kappa shape index (κ2) is 14.5. The Labute approximate surface area is 358 Å². The Morgan fingerprint density at radius 3 is 1.55 bits per heavy atom. The Morgan fingerprint density at radius 2 is 0.935 bits per heavy atom. The van der Waals surface area contributed by atoms with E-state index >= 15 is 0 Å². The lowest BCUT2D eigenvalue weighted by Crippen LogP contribution is -2.32. The Kier molecular flexibility index (Phi) is 8.31. The minimum Gasteiger partial charge on any atom is -0.457 e. The summed E-state index contributed by atoms with van der Waals surface area (Å²) in [5, 5.41) is 5.12. The second-order valence-corrected chi connectivity index (χ2v) is 15.5. The van der Waals surface area contributed by atoms with Crippen molar-refractivity contribution in [2.45, 2.75) is 11.6 Å². The third-order valence-electron chi connectivity index (χ3n) is 12.0. The van der Waals surface area contributed by atoms with Crippen molar-refractivity contribution in [3.05, 3.63) is 251 Å². The van der Waals surface area contributed by atoms with Gasteiger partial charge < -0.3 is 15.0 Å². The largest absolute Gasteiger partial charge is 0.457 e. The Morgan fingerprint density at radius 1 is 0.419 bits per heavy atom. The van der Waals surface area contributed by atoms with Crippen LogP contribution in [0.15, 0.2) is 216 Å². The van der Waals surface area contributed by atoms with Crippen LogP contribution in [0.2, 0.25) is 0 Å². The standard InChI is InChI=1S/C55H35N6O/c1-5-18-35(19-6-1)49-56-50(36-20-7-2-8-21-36)59-53(58-49)39-32-33-42-41(34-39)48-40(54-60-51(37-22-9-3-10-23-37)57-52(61-54)38-24-11-4-12-25-38)26-17-29-45(48)55(42)43-27-13-15-30-46(43)62-47-31-16-14-28-44(47)55/h1-34,51H/q-1. The molecule has 9 aromatic rings. The van der Waals surface area contributed by atoms with E-state index in [-0.39, 0.29) is 0 Å². The number of nitrogens with zero attached hydrogens (tertiary/aromatic N) is 6. The highest BCUT2D eigenvalue weighted by Gasteiger charge is 2.51. The normalized spacial score (nSPS) is 15.2. The molecule has 1 atom stereocenters. The molecule has 12 rings (SSSR count). The van der Waals surface area contributed by atoms with E-state index in [9.17, 15) is 0 Å². The smallest absolute Gasteiger partial charge is 0.164 e. The van der Waals surface area contributed by atoms with Gasteiger partial charge in [-0.15, -0.1) is 0 Å². The van der Waals surface area contributed by atoms with E-state index in [1.807, 2.05) is 109 Å². The van der Waals surface area contributed by atoms with E-state index in [0.717, 1.165) is 78.3 Å². The van der Waals surface area contributed by atoms with Crippen molar-refractivity contribution in [2.75, 3.05) is 0 Å². The molecule has 8 aromatic carbocycles. The number of ether oxygens (including phenoxy) is 1. The van der Waals surface area contributed by atoms with Gasteiger partial charge in [0, 0.05) is 33.4 Å². The third-order valence-corrected chi connectivity index (χ3v) is 12.0. The predicted molar refractivity (Wildman–Crippen MR) is 246 cm³/mol. The van der Waals surface area contributed by atoms with E-state index in [1.54, 1.807) is 0 Å². The fraction of sp³-hybridized carbons (Fsp3) is 0.0364. The molecule has 0 saturated carbocycles. The molecule has 0 radical (unpaired) electrons. The van der Waals surface area contributed by atoms with Crippen LogP contribution in [-0.2, 0) is 5.41 Å². The van der Waals surface area contributed by atoms with E-state index in [2.05, 4.69) is 97.1 Å². The Hall–Kier alpha value is -8.29. The number of aliphatic imine (C=N–C) groups is 2. The molecule has 3 aliphatic rings. The predicted octanol–water partition coefficient (Wildman–Crippen LogP) is 12.6. The summed E-state index contributed by atoms with van der Waals surface area (Å²) in [6, 6.07) is 70.6. The molecular weight excluding hydrogens is 761 g/mol. The van der Waals surface area contributed by atoms with Gasteiger partial charge in [-0.25, -0.2) is 15.0 Å². The molecule has 0 bridgehead atoms. The number of amidine groups is 2. The van der Waals surface area contributed by atoms with Gasteiger partial charge in [-0.05, 0) is 51.6 Å². The number of benzene rings is 8. The lowest BCUT2D eigenvalue weighted by molar-refractivity contribution is 0.436. The van der Waals surface area contributed by atoms with Crippen molar-refractivity contribution in [3.63, 3.8) is 0 Å². The molecule has 62 heavy (non-hydrogen) atoms. The summed E-state index contributed by atoms with van der Waals surface area (Å²) in [4.78, 5) is 25.9. The summed E-state index contributed by atoms with van der Waals surface area (Å²) >= 11 is 0. The van der Waals surface area contributed by atoms with Crippen LogP contribution >= 0.6 is 0 Å². The molecule has 7 heteroatoms. The van der Waals surface area contributed by atoms with Crippen molar-refractivity contribution < 1.29 is 4.74 Å². The first-order chi connectivity index (χ1) is 30.7.